The molecule has 0 saturated heterocycles. The summed E-state index contributed by atoms with van der Waals surface area (Å²) in [5.41, 5.74) is 0.591. The minimum atomic E-state index is -0.692. The van der Waals surface area contributed by atoms with Crippen molar-refractivity contribution in [3.8, 4) is 11.5 Å². The van der Waals surface area contributed by atoms with Gasteiger partial charge in [-0.25, -0.2) is 0 Å². The van der Waals surface area contributed by atoms with E-state index < -0.39 is 16.9 Å². The average molecular weight is 450 g/mol. The molecule has 0 bridgehead atoms. The Morgan fingerprint density at radius 3 is 2.45 bits per heavy atom. The summed E-state index contributed by atoms with van der Waals surface area (Å²) in [5, 5.41) is 14.2. The Morgan fingerprint density at radius 2 is 1.90 bits per heavy atom. The summed E-state index contributed by atoms with van der Waals surface area (Å²) in [6.07, 6.45) is 0.407. The maximum absolute atomic E-state index is 13.0. The van der Waals surface area contributed by atoms with Gasteiger partial charge < -0.3 is 19.7 Å². The fraction of sp³-hybridized carbons (Fsp3) is 0.333. The molecule has 1 atom stereocenters. The number of ether oxygens (including phenoxy) is 2. The molecule has 10 heteroatoms. The third kappa shape index (κ3) is 6.32. The van der Waals surface area contributed by atoms with E-state index in [1.54, 1.807) is 24.3 Å². The lowest BCUT2D eigenvalue weighted by Gasteiger charge is -2.30. The highest BCUT2D eigenvalue weighted by Gasteiger charge is 2.28. The molecule has 0 saturated carbocycles. The van der Waals surface area contributed by atoms with Crippen molar-refractivity contribution in [3.05, 3.63) is 63.2 Å². The van der Waals surface area contributed by atoms with Crippen LogP contribution in [0.25, 0.3) is 0 Å². The topological polar surface area (TPSA) is 111 Å². The average Bonchev–Trinajstić information content (AvgIpc) is 2.77. The number of carbonyl (C=O) groups is 2. The Hall–Kier alpha value is -3.33. The van der Waals surface area contributed by atoms with Crippen LogP contribution in [0.5, 0.6) is 11.5 Å². The van der Waals surface area contributed by atoms with Gasteiger partial charge in [0, 0.05) is 30.7 Å². The molecule has 0 aliphatic carbocycles. The summed E-state index contributed by atoms with van der Waals surface area (Å²) in [5.74, 6) is -0.454. The summed E-state index contributed by atoms with van der Waals surface area (Å²) in [6, 6.07) is 10.2. The molecule has 0 aliphatic heterocycles. The van der Waals surface area contributed by atoms with Crippen molar-refractivity contribution in [2.75, 3.05) is 20.8 Å². The van der Waals surface area contributed by atoms with E-state index in [-0.39, 0.29) is 36.2 Å². The minimum Gasteiger partial charge on any atom is -0.490 e. The first-order valence-electron chi connectivity index (χ1n) is 9.51. The third-order valence-corrected chi connectivity index (χ3v) is 4.86. The van der Waals surface area contributed by atoms with Crippen molar-refractivity contribution in [1.29, 1.82) is 0 Å². The van der Waals surface area contributed by atoms with Gasteiger partial charge in [-0.3, -0.25) is 19.7 Å². The third-order valence-electron chi connectivity index (χ3n) is 4.61. The molecule has 0 fully saturated rings. The molecule has 2 amide bonds. The first kappa shape index (κ1) is 23.9. The molecule has 2 aromatic rings. The number of nitro groups is 1. The van der Waals surface area contributed by atoms with Gasteiger partial charge in [-0.05, 0) is 30.2 Å². The number of amides is 2. The fourth-order valence-corrected chi connectivity index (χ4v) is 3.13. The van der Waals surface area contributed by atoms with Crippen LogP contribution in [0.2, 0.25) is 5.02 Å². The second-order valence-electron chi connectivity index (χ2n) is 6.57. The zero-order chi connectivity index (χ0) is 23.0. The number of nitrogens with one attached hydrogen (secondary N) is 1. The van der Waals surface area contributed by atoms with Crippen LogP contribution in [0, 0.1) is 10.1 Å². The van der Waals surface area contributed by atoms with Crippen molar-refractivity contribution >= 4 is 29.1 Å². The van der Waals surface area contributed by atoms with E-state index in [1.165, 1.54) is 37.3 Å². The first-order chi connectivity index (χ1) is 14.8. The summed E-state index contributed by atoms with van der Waals surface area (Å²) in [7, 11) is 2.82. The van der Waals surface area contributed by atoms with Crippen LogP contribution in [0.4, 0.5) is 5.69 Å². The summed E-state index contributed by atoms with van der Waals surface area (Å²) < 4.78 is 10.6. The highest BCUT2D eigenvalue weighted by molar-refractivity contribution is 6.30. The van der Waals surface area contributed by atoms with E-state index in [4.69, 9.17) is 21.1 Å². The Bertz CT molecular complexity index is 935. The maximum atomic E-state index is 13.0. The van der Waals surface area contributed by atoms with Crippen LogP contribution in [-0.2, 0) is 16.1 Å². The zero-order valence-electron chi connectivity index (χ0n) is 17.5. The van der Waals surface area contributed by atoms with Crippen molar-refractivity contribution in [1.82, 2.24) is 10.2 Å². The van der Waals surface area contributed by atoms with Crippen LogP contribution in [0.1, 0.15) is 18.9 Å². The van der Waals surface area contributed by atoms with Gasteiger partial charge in [0.25, 0.3) is 5.91 Å². The van der Waals surface area contributed by atoms with Gasteiger partial charge >= 0.3 is 5.69 Å². The minimum absolute atomic E-state index is 0.0183. The quantitative estimate of drug-likeness (QED) is 0.440. The lowest BCUT2D eigenvalue weighted by molar-refractivity contribution is -0.385. The molecule has 9 nitrogen and oxygen atoms in total. The first-order valence-corrected chi connectivity index (χ1v) is 9.89. The molecule has 2 rings (SSSR count). The number of nitrogens with zero attached hydrogens (tertiary/aromatic N) is 2. The van der Waals surface area contributed by atoms with Gasteiger partial charge in [0.05, 0.1) is 12.0 Å². The lowest BCUT2D eigenvalue weighted by Crippen LogP contribution is -2.49. The van der Waals surface area contributed by atoms with E-state index >= 15 is 0 Å². The molecule has 166 valence electrons. The number of methoxy groups -OCH3 is 1. The van der Waals surface area contributed by atoms with Crippen LogP contribution < -0.4 is 14.8 Å². The molecular formula is C21H24ClN3O6. The Labute approximate surface area is 185 Å². The highest BCUT2D eigenvalue weighted by atomic mass is 35.5. The predicted molar refractivity (Wildman–Crippen MR) is 115 cm³/mol. The van der Waals surface area contributed by atoms with Crippen molar-refractivity contribution in [3.63, 3.8) is 0 Å². The molecule has 1 N–H and O–H groups in total. The smallest absolute Gasteiger partial charge is 0.311 e. The number of rotatable bonds is 10. The van der Waals surface area contributed by atoms with E-state index in [9.17, 15) is 19.7 Å². The van der Waals surface area contributed by atoms with Crippen LogP contribution in [0.15, 0.2) is 42.5 Å². The Balaban J connectivity index is 2.21. The summed E-state index contributed by atoms with van der Waals surface area (Å²) in [4.78, 5) is 37.2. The number of halogens is 1. The van der Waals surface area contributed by atoms with E-state index in [2.05, 4.69) is 5.32 Å². The maximum Gasteiger partial charge on any atom is 0.311 e. The predicted octanol–water partition coefficient (Wildman–Crippen LogP) is 3.19. The largest absolute Gasteiger partial charge is 0.490 e. The number of hydrogen-bond donors (Lipinski definition) is 1. The van der Waals surface area contributed by atoms with Gasteiger partial charge in [-0.2, -0.15) is 0 Å². The number of carbonyl (C=O) groups excluding carboxylic acids is 2. The lowest BCUT2D eigenvalue weighted by atomic mass is 10.1. The van der Waals surface area contributed by atoms with E-state index in [0.717, 1.165) is 5.56 Å². The molecule has 31 heavy (non-hydrogen) atoms. The molecule has 0 spiro atoms. The van der Waals surface area contributed by atoms with Crippen molar-refractivity contribution in [2.24, 2.45) is 0 Å². The second kappa shape index (κ2) is 11.2. The van der Waals surface area contributed by atoms with Crippen LogP contribution >= 0.6 is 11.6 Å². The number of likely N-dealkylation sites (N-methyl/N-ethyl adjacent to an activating group) is 1. The van der Waals surface area contributed by atoms with Gasteiger partial charge in [0.15, 0.2) is 6.61 Å². The fourth-order valence-electron chi connectivity index (χ4n) is 3.00. The zero-order valence-corrected chi connectivity index (χ0v) is 18.2. The summed E-state index contributed by atoms with van der Waals surface area (Å²) in [6.45, 7) is 1.64. The summed E-state index contributed by atoms with van der Waals surface area (Å²) >= 11 is 5.93. The van der Waals surface area contributed by atoms with Crippen LogP contribution in [-0.4, -0.2) is 48.4 Å². The number of benzene rings is 2. The molecule has 0 heterocycles. The van der Waals surface area contributed by atoms with Gasteiger partial charge in [-0.15, -0.1) is 0 Å². The normalized spacial score (nSPS) is 11.4. The van der Waals surface area contributed by atoms with Gasteiger partial charge in [-0.1, -0.05) is 30.7 Å². The SMILES string of the molecule is CCC(C(=O)NC)N(Cc1ccc(Cl)cc1)C(=O)COc1ccc([N+](=O)[O-])c(OC)c1. The molecular weight excluding hydrogens is 426 g/mol. The van der Waals surface area contributed by atoms with E-state index in [1.807, 2.05) is 6.92 Å². The van der Waals surface area contributed by atoms with Gasteiger partial charge in [0.2, 0.25) is 11.7 Å². The molecule has 1 unspecified atom stereocenters. The Kier molecular flexibility index (Phi) is 8.63. The monoisotopic (exact) mass is 449 g/mol. The van der Waals surface area contributed by atoms with Crippen LogP contribution in [0.3, 0.4) is 0 Å². The number of hydrogen-bond acceptors (Lipinski definition) is 6. The molecule has 0 aliphatic rings. The standard InChI is InChI=1S/C21H24ClN3O6/c1-4-17(21(27)23-2)24(12-14-5-7-15(22)8-6-14)20(26)13-31-16-9-10-18(25(28)29)19(11-16)30-3/h5-11,17H,4,12-13H2,1-3H3,(H,23,27). The molecule has 0 radical (unpaired) electrons. The second-order valence-corrected chi connectivity index (χ2v) is 7.00. The highest BCUT2D eigenvalue weighted by Crippen LogP contribution is 2.30. The van der Waals surface area contributed by atoms with Crippen molar-refractivity contribution in [2.45, 2.75) is 25.9 Å². The van der Waals surface area contributed by atoms with E-state index in [0.29, 0.717) is 11.4 Å². The Morgan fingerprint density at radius 1 is 1.23 bits per heavy atom. The van der Waals surface area contributed by atoms with Crippen molar-refractivity contribution < 1.29 is 24.0 Å². The molecule has 2 aromatic carbocycles. The number of nitro benzene ring substituents is 1. The molecule has 0 aromatic heterocycles. The van der Waals surface area contributed by atoms with Gasteiger partial charge in [0.1, 0.15) is 11.8 Å².